The molecule has 0 heterocycles. The molecule has 0 unspecified atom stereocenters. The first-order valence-corrected chi connectivity index (χ1v) is 11.3. The fraction of sp³-hybridized carbons (Fsp3) is 0.167. The van der Waals surface area contributed by atoms with E-state index in [2.05, 4.69) is 5.32 Å². The number of Topliss-reactive ketones (excluding diaryl/α,β-unsaturated/α-hetero) is 1. The number of sulfonamides is 1. The molecule has 3 rings (SSSR count). The number of benzene rings is 3. The molecule has 0 saturated heterocycles. The van der Waals surface area contributed by atoms with Crippen molar-refractivity contribution in [2.24, 2.45) is 0 Å². The molecule has 31 heavy (non-hydrogen) atoms. The van der Waals surface area contributed by atoms with Crippen molar-refractivity contribution in [1.29, 1.82) is 0 Å². The van der Waals surface area contributed by atoms with E-state index in [9.17, 15) is 18.0 Å². The average Bonchev–Trinajstić information content (AvgIpc) is 2.78. The summed E-state index contributed by atoms with van der Waals surface area (Å²) in [5.74, 6) is -0.386. The van der Waals surface area contributed by atoms with Crippen molar-refractivity contribution < 1.29 is 18.0 Å². The van der Waals surface area contributed by atoms with Gasteiger partial charge in [-0.25, -0.2) is 8.42 Å². The third-order valence-electron chi connectivity index (χ3n) is 4.84. The maximum Gasteiger partial charge on any atom is 0.255 e. The molecule has 3 aromatic carbocycles. The lowest BCUT2D eigenvalue weighted by molar-refractivity contribution is 0.101. The van der Waals surface area contributed by atoms with Gasteiger partial charge in [0.15, 0.2) is 5.78 Å². The van der Waals surface area contributed by atoms with Crippen LogP contribution in [-0.4, -0.2) is 31.0 Å². The van der Waals surface area contributed by atoms with Gasteiger partial charge in [-0.05, 0) is 48.9 Å². The van der Waals surface area contributed by atoms with Crippen molar-refractivity contribution in [1.82, 2.24) is 4.31 Å². The van der Waals surface area contributed by atoms with E-state index in [-0.39, 0.29) is 23.1 Å². The largest absolute Gasteiger partial charge is 0.322 e. The fourth-order valence-corrected chi connectivity index (χ4v) is 4.55. The van der Waals surface area contributed by atoms with Crippen LogP contribution in [0.2, 0.25) is 0 Å². The van der Waals surface area contributed by atoms with Crippen LogP contribution in [-0.2, 0) is 16.6 Å². The first-order valence-electron chi connectivity index (χ1n) is 9.87. The first kappa shape index (κ1) is 22.4. The molecule has 1 N–H and O–H groups in total. The molecular weight excluding hydrogens is 412 g/mol. The van der Waals surface area contributed by atoms with E-state index >= 15 is 0 Å². The smallest absolute Gasteiger partial charge is 0.255 e. The van der Waals surface area contributed by atoms with Gasteiger partial charge in [-0.1, -0.05) is 49.4 Å². The predicted molar refractivity (Wildman–Crippen MR) is 121 cm³/mol. The summed E-state index contributed by atoms with van der Waals surface area (Å²) in [5.41, 5.74) is 2.27. The molecule has 0 saturated carbocycles. The van der Waals surface area contributed by atoms with Gasteiger partial charge >= 0.3 is 0 Å². The molecule has 0 aliphatic heterocycles. The zero-order chi connectivity index (χ0) is 22.4. The molecule has 0 aromatic heterocycles. The standard InChI is InChI=1S/C24H24N2O4S/c1-3-26(31(29,30)23-10-5-4-6-11-23)17-19-12-14-20(15-13-19)24(28)25-22-9-7-8-21(16-22)18(2)27/h4-16H,3,17H2,1-2H3,(H,25,28). The Labute approximate surface area is 182 Å². The lowest BCUT2D eigenvalue weighted by Gasteiger charge is -2.20. The minimum Gasteiger partial charge on any atom is -0.322 e. The monoisotopic (exact) mass is 436 g/mol. The normalized spacial score (nSPS) is 11.3. The van der Waals surface area contributed by atoms with Crippen LogP contribution >= 0.6 is 0 Å². The molecule has 7 heteroatoms. The second-order valence-electron chi connectivity index (χ2n) is 7.03. The summed E-state index contributed by atoms with van der Waals surface area (Å²) in [7, 11) is -3.60. The van der Waals surface area contributed by atoms with E-state index < -0.39 is 10.0 Å². The van der Waals surface area contributed by atoms with Gasteiger partial charge in [0.1, 0.15) is 0 Å². The number of nitrogens with one attached hydrogen (secondary N) is 1. The molecule has 0 aliphatic carbocycles. The summed E-state index contributed by atoms with van der Waals surface area (Å²) in [6.07, 6.45) is 0. The molecule has 0 atom stereocenters. The topological polar surface area (TPSA) is 83.6 Å². The molecule has 0 bridgehead atoms. The number of carbonyl (C=O) groups excluding carboxylic acids is 2. The van der Waals surface area contributed by atoms with Crippen molar-refractivity contribution >= 4 is 27.4 Å². The quantitative estimate of drug-likeness (QED) is 0.532. The minimum absolute atomic E-state index is 0.0774. The van der Waals surface area contributed by atoms with Crippen molar-refractivity contribution in [3.63, 3.8) is 0 Å². The van der Waals surface area contributed by atoms with Crippen LogP contribution < -0.4 is 5.32 Å². The number of ketones is 1. The number of hydrogen-bond donors (Lipinski definition) is 1. The lowest BCUT2D eigenvalue weighted by atomic mass is 10.1. The van der Waals surface area contributed by atoms with Gasteiger partial charge in [-0.3, -0.25) is 9.59 Å². The molecule has 1 amide bonds. The Balaban J connectivity index is 1.71. The molecule has 6 nitrogen and oxygen atoms in total. The zero-order valence-corrected chi connectivity index (χ0v) is 18.2. The van der Waals surface area contributed by atoms with Crippen molar-refractivity contribution in [3.8, 4) is 0 Å². The second-order valence-corrected chi connectivity index (χ2v) is 8.97. The van der Waals surface area contributed by atoms with Crippen LogP contribution in [0.4, 0.5) is 5.69 Å². The third kappa shape index (κ3) is 5.45. The van der Waals surface area contributed by atoms with E-state index in [4.69, 9.17) is 0 Å². The van der Waals surface area contributed by atoms with Gasteiger partial charge in [-0.2, -0.15) is 4.31 Å². The van der Waals surface area contributed by atoms with Crippen LogP contribution in [0.25, 0.3) is 0 Å². The Morgan fingerprint density at radius 1 is 0.871 bits per heavy atom. The molecule has 0 radical (unpaired) electrons. The number of rotatable bonds is 8. The van der Waals surface area contributed by atoms with Gasteiger partial charge in [0.05, 0.1) is 4.90 Å². The van der Waals surface area contributed by atoms with Crippen molar-refractivity contribution in [3.05, 3.63) is 95.6 Å². The van der Waals surface area contributed by atoms with E-state index in [1.807, 2.05) is 0 Å². The molecule has 3 aromatic rings. The molecule has 0 spiro atoms. The van der Waals surface area contributed by atoms with E-state index in [1.165, 1.54) is 11.2 Å². The minimum atomic E-state index is -3.60. The highest BCUT2D eigenvalue weighted by molar-refractivity contribution is 7.89. The van der Waals surface area contributed by atoms with Gasteiger partial charge in [-0.15, -0.1) is 0 Å². The highest BCUT2D eigenvalue weighted by atomic mass is 32.2. The summed E-state index contributed by atoms with van der Waals surface area (Å²) in [5, 5.41) is 2.77. The maximum atomic E-state index is 12.9. The highest BCUT2D eigenvalue weighted by Crippen LogP contribution is 2.19. The highest BCUT2D eigenvalue weighted by Gasteiger charge is 2.23. The van der Waals surface area contributed by atoms with Crippen LogP contribution in [0.5, 0.6) is 0 Å². The Bertz CT molecular complexity index is 1170. The van der Waals surface area contributed by atoms with E-state index in [0.29, 0.717) is 23.4 Å². The predicted octanol–water partition coefficient (Wildman–Crippen LogP) is 4.35. The van der Waals surface area contributed by atoms with Crippen LogP contribution in [0.3, 0.4) is 0 Å². The summed E-state index contributed by atoms with van der Waals surface area (Å²) in [4.78, 5) is 24.3. The molecule has 160 valence electrons. The summed E-state index contributed by atoms with van der Waals surface area (Å²) >= 11 is 0. The number of anilines is 1. The van der Waals surface area contributed by atoms with E-state index in [0.717, 1.165) is 5.56 Å². The van der Waals surface area contributed by atoms with Gasteiger partial charge < -0.3 is 5.32 Å². The molecule has 0 fully saturated rings. The number of carbonyl (C=O) groups is 2. The SMILES string of the molecule is CCN(Cc1ccc(C(=O)Nc2cccc(C(C)=O)c2)cc1)S(=O)(=O)c1ccccc1. The Morgan fingerprint density at radius 2 is 1.55 bits per heavy atom. The Morgan fingerprint density at radius 3 is 2.16 bits per heavy atom. The molecular formula is C24H24N2O4S. The summed E-state index contributed by atoms with van der Waals surface area (Å²) in [6.45, 7) is 3.79. The second kappa shape index (κ2) is 9.68. The van der Waals surface area contributed by atoms with Gasteiger partial charge in [0.25, 0.3) is 5.91 Å². The lowest BCUT2D eigenvalue weighted by Crippen LogP contribution is -2.30. The zero-order valence-electron chi connectivity index (χ0n) is 17.4. The van der Waals surface area contributed by atoms with Crippen LogP contribution in [0.1, 0.15) is 40.1 Å². The first-order chi connectivity index (χ1) is 14.8. The van der Waals surface area contributed by atoms with Gasteiger partial charge in [0.2, 0.25) is 10.0 Å². The van der Waals surface area contributed by atoms with Crippen LogP contribution in [0.15, 0.2) is 83.8 Å². The number of amides is 1. The third-order valence-corrected chi connectivity index (χ3v) is 6.77. The number of nitrogens with zero attached hydrogens (tertiary/aromatic N) is 1. The number of hydrogen-bond acceptors (Lipinski definition) is 4. The average molecular weight is 437 g/mol. The van der Waals surface area contributed by atoms with Crippen LogP contribution in [0, 0.1) is 0 Å². The summed E-state index contributed by atoms with van der Waals surface area (Å²) < 4.78 is 27.1. The van der Waals surface area contributed by atoms with Gasteiger partial charge in [0, 0.05) is 29.9 Å². The molecule has 0 aliphatic rings. The fourth-order valence-electron chi connectivity index (χ4n) is 3.09. The van der Waals surface area contributed by atoms with Crippen molar-refractivity contribution in [2.75, 3.05) is 11.9 Å². The van der Waals surface area contributed by atoms with Crippen molar-refractivity contribution in [2.45, 2.75) is 25.3 Å². The Hall–Kier alpha value is -3.29. The summed E-state index contributed by atoms with van der Waals surface area (Å²) in [6, 6.07) is 21.8. The van der Waals surface area contributed by atoms with E-state index in [1.54, 1.807) is 85.8 Å². The maximum absolute atomic E-state index is 12.9. The Kier molecular flexibility index (Phi) is 6.99.